The Morgan fingerprint density at radius 3 is 2.48 bits per heavy atom. The number of halogens is 3. The number of phenols is 1. The fourth-order valence-electron chi connectivity index (χ4n) is 2.69. The van der Waals surface area contributed by atoms with Crippen LogP contribution in [0.2, 0.25) is 0 Å². The van der Waals surface area contributed by atoms with Crippen LogP contribution in [-0.4, -0.2) is 15.1 Å². The number of nitrogens with zero attached hydrogens (tertiary/aromatic N) is 1. The van der Waals surface area contributed by atoms with Crippen LogP contribution < -0.4 is 5.73 Å². The van der Waals surface area contributed by atoms with E-state index in [2.05, 4.69) is 9.97 Å². The molecule has 2 heterocycles. The number of aromatic hydroxyl groups is 1. The molecule has 0 aliphatic heterocycles. The molecule has 4 nitrogen and oxygen atoms in total. The molecule has 4 N–H and O–H groups in total. The van der Waals surface area contributed by atoms with Gasteiger partial charge in [0.25, 0.3) is 0 Å². The van der Waals surface area contributed by atoms with Gasteiger partial charge in [0.1, 0.15) is 11.4 Å². The molecule has 0 spiro atoms. The Morgan fingerprint density at radius 2 is 1.92 bits per heavy atom. The Bertz CT molecular complexity index is 852. The van der Waals surface area contributed by atoms with E-state index in [0.29, 0.717) is 11.6 Å². The van der Waals surface area contributed by atoms with Crippen molar-refractivity contribution in [1.29, 1.82) is 0 Å². The maximum atomic E-state index is 12.2. The topological polar surface area (TPSA) is 74.9 Å². The van der Waals surface area contributed by atoms with Crippen molar-refractivity contribution in [3.8, 4) is 5.75 Å². The summed E-state index contributed by atoms with van der Waals surface area (Å²) in [5.41, 5.74) is 7.34. The van der Waals surface area contributed by atoms with Crippen LogP contribution in [0.4, 0.5) is 18.9 Å². The molecule has 0 saturated heterocycles. The molecule has 1 aromatic carbocycles. The third kappa shape index (κ3) is 3.87. The summed E-state index contributed by atoms with van der Waals surface area (Å²) in [5, 5.41) is 9.97. The maximum Gasteiger partial charge on any atom is 0.433 e. The lowest BCUT2D eigenvalue weighted by Crippen LogP contribution is -2.11. The third-order valence-electron chi connectivity index (χ3n) is 4.35. The van der Waals surface area contributed by atoms with Gasteiger partial charge in [-0.2, -0.15) is 13.2 Å². The summed E-state index contributed by atoms with van der Waals surface area (Å²) in [4.78, 5) is 6.41. The predicted molar refractivity (Wildman–Crippen MR) is 90.2 cm³/mol. The second-order valence-corrected chi connectivity index (χ2v) is 6.08. The lowest BCUT2D eigenvalue weighted by atomic mass is 9.81. The molecule has 1 saturated carbocycles. The van der Waals surface area contributed by atoms with Gasteiger partial charge in [0.05, 0.1) is 5.69 Å². The van der Waals surface area contributed by atoms with Gasteiger partial charge in [0.15, 0.2) is 0 Å². The number of pyridine rings is 1. The van der Waals surface area contributed by atoms with E-state index in [1.807, 2.05) is 0 Å². The molecule has 4 rings (SSSR count). The van der Waals surface area contributed by atoms with Crippen molar-refractivity contribution in [2.24, 2.45) is 0 Å². The van der Waals surface area contributed by atoms with Gasteiger partial charge in [-0.1, -0.05) is 12.5 Å². The number of H-pyrrole nitrogens is 1. The number of nitrogens with two attached hydrogens (primary N) is 1. The summed E-state index contributed by atoms with van der Waals surface area (Å²) in [5.74, 6) is 0.675. The van der Waals surface area contributed by atoms with Crippen LogP contribution in [0.1, 0.15) is 36.4 Å². The lowest BCUT2D eigenvalue weighted by Gasteiger charge is -2.25. The summed E-state index contributed by atoms with van der Waals surface area (Å²) in [6.45, 7) is 0. The second-order valence-electron chi connectivity index (χ2n) is 6.08. The number of nitrogens with one attached hydrogen (secondary N) is 1. The van der Waals surface area contributed by atoms with Crippen molar-refractivity contribution in [2.45, 2.75) is 31.4 Å². The molecule has 3 aromatic rings. The zero-order chi connectivity index (χ0) is 18.0. The molecule has 2 aromatic heterocycles. The quantitative estimate of drug-likeness (QED) is 0.589. The fraction of sp³-hybridized carbons (Fsp3) is 0.278. The van der Waals surface area contributed by atoms with Crippen molar-refractivity contribution in [2.75, 3.05) is 5.73 Å². The molecule has 0 amide bonds. The van der Waals surface area contributed by atoms with Gasteiger partial charge < -0.3 is 15.8 Å². The zero-order valence-electron chi connectivity index (χ0n) is 13.3. The third-order valence-corrected chi connectivity index (χ3v) is 4.35. The van der Waals surface area contributed by atoms with Crippen molar-refractivity contribution in [1.82, 2.24) is 9.97 Å². The molecule has 1 aliphatic rings. The predicted octanol–water partition coefficient (Wildman–Crippen LogP) is 4.82. The summed E-state index contributed by atoms with van der Waals surface area (Å²) < 4.78 is 36.5. The van der Waals surface area contributed by atoms with Crippen molar-refractivity contribution >= 4 is 16.6 Å². The standard InChI is InChI=1S/C10H10F3N.C8H8N2O/c11-10(12,13)9-5-4-8(6-14-9)7-2-1-3-7;9-7-4-10-8-2-1-5(11)3-6(7)8/h4-7H,1-3H2;1-4,10-11H,9H2. The molecular formula is C18H18F3N3O. The van der Waals surface area contributed by atoms with E-state index in [0.717, 1.165) is 35.4 Å². The summed E-state index contributed by atoms with van der Waals surface area (Å²) in [6.07, 6.45) is 2.07. The van der Waals surface area contributed by atoms with Crippen LogP contribution >= 0.6 is 0 Å². The van der Waals surface area contributed by atoms with Crippen LogP contribution in [0, 0.1) is 0 Å². The highest BCUT2D eigenvalue weighted by Gasteiger charge is 2.32. The number of rotatable bonds is 1. The fourth-order valence-corrected chi connectivity index (χ4v) is 2.69. The van der Waals surface area contributed by atoms with Crippen LogP contribution in [0.25, 0.3) is 10.9 Å². The largest absolute Gasteiger partial charge is 0.508 e. The Labute approximate surface area is 142 Å². The van der Waals surface area contributed by atoms with E-state index in [4.69, 9.17) is 10.8 Å². The lowest BCUT2D eigenvalue weighted by molar-refractivity contribution is -0.141. The number of aromatic nitrogens is 2. The van der Waals surface area contributed by atoms with E-state index in [1.54, 1.807) is 30.5 Å². The van der Waals surface area contributed by atoms with E-state index >= 15 is 0 Å². The van der Waals surface area contributed by atoms with Crippen LogP contribution in [0.3, 0.4) is 0 Å². The van der Waals surface area contributed by atoms with E-state index < -0.39 is 11.9 Å². The minimum absolute atomic E-state index is 0.240. The molecule has 1 aliphatic carbocycles. The van der Waals surface area contributed by atoms with Gasteiger partial charge in [-0.3, -0.25) is 4.98 Å². The summed E-state index contributed by atoms with van der Waals surface area (Å²) in [7, 11) is 0. The SMILES string of the molecule is FC(F)(F)c1ccc(C2CCC2)cn1.Nc1c[nH]c2ccc(O)cc12. The first-order chi connectivity index (χ1) is 11.8. The number of phenolic OH excluding ortho intramolecular Hbond substituents is 1. The van der Waals surface area contributed by atoms with Crippen LogP contribution in [0.5, 0.6) is 5.75 Å². The van der Waals surface area contributed by atoms with Crippen molar-refractivity contribution in [3.05, 3.63) is 54.0 Å². The Hall–Kier alpha value is -2.70. The second kappa shape index (κ2) is 6.66. The Morgan fingerprint density at radius 1 is 1.16 bits per heavy atom. The Balaban J connectivity index is 0.000000150. The highest BCUT2D eigenvalue weighted by molar-refractivity contribution is 5.92. The number of nitrogen functional groups attached to an aromatic ring is 1. The van der Waals surface area contributed by atoms with Gasteiger partial charge in [-0.15, -0.1) is 0 Å². The molecule has 25 heavy (non-hydrogen) atoms. The molecule has 0 atom stereocenters. The Kier molecular flexibility index (Phi) is 4.57. The molecule has 0 radical (unpaired) electrons. The minimum Gasteiger partial charge on any atom is -0.508 e. The molecule has 7 heteroatoms. The number of hydrogen-bond donors (Lipinski definition) is 3. The molecule has 1 fully saturated rings. The van der Waals surface area contributed by atoms with E-state index in [9.17, 15) is 13.2 Å². The van der Waals surface area contributed by atoms with Gasteiger partial charge in [-0.05, 0) is 48.6 Å². The van der Waals surface area contributed by atoms with Gasteiger partial charge in [0.2, 0.25) is 0 Å². The van der Waals surface area contributed by atoms with Crippen LogP contribution in [0.15, 0.2) is 42.7 Å². The molecule has 0 bridgehead atoms. The smallest absolute Gasteiger partial charge is 0.433 e. The van der Waals surface area contributed by atoms with E-state index in [1.165, 1.54) is 12.6 Å². The average Bonchev–Trinajstić information content (AvgIpc) is 2.87. The molecule has 0 unspecified atom stereocenters. The van der Waals surface area contributed by atoms with Gasteiger partial charge in [-0.25, -0.2) is 0 Å². The first-order valence-electron chi connectivity index (χ1n) is 7.93. The monoisotopic (exact) mass is 349 g/mol. The zero-order valence-corrected chi connectivity index (χ0v) is 13.3. The number of benzene rings is 1. The average molecular weight is 349 g/mol. The first kappa shape index (κ1) is 17.1. The summed E-state index contributed by atoms with van der Waals surface area (Å²) in [6, 6.07) is 7.66. The summed E-state index contributed by atoms with van der Waals surface area (Å²) >= 11 is 0. The number of aromatic amines is 1. The molecular weight excluding hydrogens is 331 g/mol. The van der Waals surface area contributed by atoms with E-state index in [-0.39, 0.29) is 5.75 Å². The molecule has 132 valence electrons. The minimum atomic E-state index is -4.32. The van der Waals surface area contributed by atoms with Gasteiger partial charge >= 0.3 is 6.18 Å². The van der Waals surface area contributed by atoms with Crippen LogP contribution in [-0.2, 0) is 6.18 Å². The maximum absolute atomic E-state index is 12.2. The number of fused-ring (bicyclic) bond motifs is 1. The number of alkyl halides is 3. The first-order valence-corrected chi connectivity index (χ1v) is 7.93. The highest BCUT2D eigenvalue weighted by atomic mass is 19.4. The van der Waals surface area contributed by atoms with Crippen molar-refractivity contribution in [3.63, 3.8) is 0 Å². The van der Waals surface area contributed by atoms with Gasteiger partial charge in [0, 0.05) is 23.3 Å². The number of hydrogen-bond acceptors (Lipinski definition) is 3. The van der Waals surface area contributed by atoms with Crippen molar-refractivity contribution < 1.29 is 18.3 Å². The number of anilines is 1. The normalized spacial score (nSPS) is 14.7. The highest BCUT2D eigenvalue weighted by Crippen LogP contribution is 2.36.